The normalized spacial score (nSPS) is 12.4. The van der Waals surface area contributed by atoms with Crippen molar-refractivity contribution < 1.29 is 9.32 Å². The van der Waals surface area contributed by atoms with Crippen molar-refractivity contribution in [2.24, 2.45) is 7.05 Å². The highest BCUT2D eigenvalue weighted by molar-refractivity contribution is 6.34. The Morgan fingerprint density at radius 3 is 2.63 bits per heavy atom. The first-order valence-electron chi connectivity index (χ1n) is 10.9. The molecule has 1 amide bonds. The van der Waals surface area contributed by atoms with Crippen molar-refractivity contribution in [2.75, 3.05) is 5.32 Å². The van der Waals surface area contributed by atoms with Gasteiger partial charge in [-0.25, -0.2) is 9.97 Å². The third kappa shape index (κ3) is 5.29. The Hall–Kier alpha value is -3.86. The lowest BCUT2D eigenvalue weighted by Gasteiger charge is -2.18. The molecule has 0 aliphatic carbocycles. The molecular weight excluding hydrogens is 470 g/mol. The SMILES string of the molecule is Cc1c([C@H](C)NC(=O)c2noc(C(C)(C)C)n2)ccc(-c2ncnc(Nc3cnn(C)c3)n2)c1Cl. The second kappa shape index (κ2) is 9.41. The number of hydrogen-bond donors (Lipinski definition) is 2. The van der Waals surface area contributed by atoms with E-state index in [1.54, 1.807) is 10.9 Å². The first kappa shape index (κ1) is 24.3. The Morgan fingerprint density at radius 2 is 1.97 bits per heavy atom. The molecule has 0 spiro atoms. The highest BCUT2D eigenvalue weighted by Gasteiger charge is 2.25. The smallest absolute Gasteiger partial charge is 0.293 e. The summed E-state index contributed by atoms with van der Waals surface area (Å²) in [7, 11) is 1.82. The Morgan fingerprint density at radius 1 is 1.20 bits per heavy atom. The molecule has 0 aliphatic rings. The Kier molecular flexibility index (Phi) is 6.53. The van der Waals surface area contributed by atoms with Crippen LogP contribution in [0.15, 0.2) is 35.4 Å². The summed E-state index contributed by atoms with van der Waals surface area (Å²) in [6.45, 7) is 9.54. The average molecular weight is 496 g/mol. The van der Waals surface area contributed by atoms with Crippen LogP contribution in [0.1, 0.15) is 61.4 Å². The van der Waals surface area contributed by atoms with E-state index < -0.39 is 5.91 Å². The lowest BCUT2D eigenvalue weighted by Crippen LogP contribution is -2.28. The van der Waals surface area contributed by atoms with Gasteiger partial charge < -0.3 is 15.2 Å². The van der Waals surface area contributed by atoms with Gasteiger partial charge in [0, 0.05) is 24.2 Å². The van der Waals surface area contributed by atoms with Crippen molar-refractivity contribution >= 4 is 29.1 Å². The van der Waals surface area contributed by atoms with Crippen LogP contribution in [0, 0.1) is 6.92 Å². The van der Waals surface area contributed by atoms with E-state index in [0.29, 0.717) is 28.2 Å². The van der Waals surface area contributed by atoms with Crippen molar-refractivity contribution in [2.45, 2.75) is 46.1 Å². The number of carbonyl (C=O) groups excluding carboxylic acids is 1. The van der Waals surface area contributed by atoms with Crippen LogP contribution in [0.3, 0.4) is 0 Å². The van der Waals surface area contributed by atoms with Crippen LogP contribution >= 0.6 is 11.6 Å². The van der Waals surface area contributed by atoms with Gasteiger partial charge in [-0.15, -0.1) is 0 Å². The highest BCUT2D eigenvalue weighted by atomic mass is 35.5. The molecule has 3 heterocycles. The van der Waals surface area contributed by atoms with Gasteiger partial charge >= 0.3 is 0 Å². The first-order valence-corrected chi connectivity index (χ1v) is 11.3. The number of aromatic nitrogens is 7. The van der Waals surface area contributed by atoms with E-state index in [2.05, 4.69) is 40.8 Å². The number of nitrogens with zero attached hydrogens (tertiary/aromatic N) is 7. The van der Waals surface area contributed by atoms with Gasteiger partial charge in [-0.05, 0) is 31.0 Å². The van der Waals surface area contributed by atoms with E-state index in [0.717, 1.165) is 16.8 Å². The van der Waals surface area contributed by atoms with Crippen LogP contribution in [0.2, 0.25) is 5.02 Å². The fraction of sp³-hybridized carbons (Fsp3) is 0.348. The molecule has 12 heteroatoms. The Labute approximate surface area is 207 Å². The standard InChI is InChI=1S/C23H26ClN9O2/c1-12-15(13(2)28-20(34)19-30-21(35-32-19)23(3,4)5)7-8-16(17(12)24)18-25-11-26-22(31-18)29-14-9-27-33(6)10-14/h7-11,13H,1-6H3,(H,28,34)(H,25,26,29,31)/t13-/m0/s1. The molecule has 0 aliphatic heterocycles. The van der Waals surface area contributed by atoms with Crippen LogP contribution in [0.25, 0.3) is 11.4 Å². The maximum atomic E-state index is 12.7. The summed E-state index contributed by atoms with van der Waals surface area (Å²) < 4.78 is 6.89. The summed E-state index contributed by atoms with van der Waals surface area (Å²) in [4.78, 5) is 29.8. The number of carbonyl (C=O) groups is 1. The molecule has 4 rings (SSSR count). The third-order valence-electron chi connectivity index (χ3n) is 5.29. The molecular formula is C23H26ClN9O2. The van der Waals surface area contributed by atoms with Gasteiger partial charge in [0.05, 0.1) is 22.9 Å². The summed E-state index contributed by atoms with van der Waals surface area (Å²) in [6.07, 6.45) is 4.90. The maximum absolute atomic E-state index is 12.7. The number of hydrogen-bond acceptors (Lipinski definition) is 9. The lowest BCUT2D eigenvalue weighted by atomic mass is 9.97. The van der Waals surface area contributed by atoms with Gasteiger partial charge in [0.25, 0.3) is 11.7 Å². The zero-order valence-electron chi connectivity index (χ0n) is 20.3. The molecule has 0 radical (unpaired) electrons. The quantitative estimate of drug-likeness (QED) is 0.404. The molecule has 0 saturated heterocycles. The summed E-state index contributed by atoms with van der Waals surface area (Å²) in [5.74, 6) is 0.745. The molecule has 4 aromatic rings. The third-order valence-corrected chi connectivity index (χ3v) is 5.77. The van der Waals surface area contributed by atoms with E-state index in [4.69, 9.17) is 16.1 Å². The fourth-order valence-corrected chi connectivity index (χ4v) is 3.66. The molecule has 11 nitrogen and oxygen atoms in total. The van der Waals surface area contributed by atoms with Crippen LogP contribution in [-0.2, 0) is 12.5 Å². The number of rotatable bonds is 6. The van der Waals surface area contributed by atoms with Crippen LogP contribution in [-0.4, -0.2) is 40.8 Å². The molecule has 0 bridgehead atoms. The second-order valence-electron chi connectivity index (χ2n) is 9.17. The van der Waals surface area contributed by atoms with Gasteiger partial charge in [-0.1, -0.05) is 43.6 Å². The van der Waals surface area contributed by atoms with Gasteiger partial charge in [0.1, 0.15) is 6.33 Å². The van der Waals surface area contributed by atoms with Crippen LogP contribution < -0.4 is 10.6 Å². The molecule has 35 heavy (non-hydrogen) atoms. The number of nitrogens with one attached hydrogen (secondary N) is 2. The second-order valence-corrected chi connectivity index (χ2v) is 9.55. The van der Waals surface area contributed by atoms with E-state index in [1.165, 1.54) is 6.33 Å². The van der Waals surface area contributed by atoms with Crippen LogP contribution in [0.5, 0.6) is 0 Å². The van der Waals surface area contributed by atoms with E-state index in [9.17, 15) is 4.79 Å². The molecule has 1 aromatic carbocycles. The summed E-state index contributed by atoms with van der Waals surface area (Å²) in [5.41, 5.74) is 2.69. The Balaban J connectivity index is 1.53. The van der Waals surface area contributed by atoms with Gasteiger partial charge in [0.15, 0.2) is 5.82 Å². The first-order chi connectivity index (χ1) is 16.5. The molecule has 0 fully saturated rings. The van der Waals surface area contributed by atoms with Gasteiger partial charge in [-0.3, -0.25) is 9.48 Å². The van der Waals surface area contributed by atoms with E-state index >= 15 is 0 Å². The predicted molar refractivity (Wildman–Crippen MR) is 130 cm³/mol. The number of aryl methyl sites for hydroxylation is 1. The predicted octanol–water partition coefficient (Wildman–Crippen LogP) is 4.15. The molecule has 0 unspecified atom stereocenters. The highest BCUT2D eigenvalue weighted by Crippen LogP contribution is 2.33. The minimum atomic E-state index is -0.431. The van der Waals surface area contributed by atoms with E-state index in [1.807, 2.05) is 60.0 Å². The minimum absolute atomic E-state index is 0.0130. The minimum Gasteiger partial charge on any atom is -0.343 e. The maximum Gasteiger partial charge on any atom is 0.293 e. The van der Waals surface area contributed by atoms with Gasteiger partial charge in [0.2, 0.25) is 11.8 Å². The van der Waals surface area contributed by atoms with Crippen LogP contribution in [0.4, 0.5) is 11.6 Å². The number of amides is 1. The van der Waals surface area contributed by atoms with Crippen molar-refractivity contribution in [1.82, 2.24) is 40.2 Å². The number of halogens is 1. The topological polar surface area (TPSA) is 137 Å². The fourth-order valence-electron chi connectivity index (χ4n) is 3.40. The number of benzene rings is 1. The summed E-state index contributed by atoms with van der Waals surface area (Å²) >= 11 is 6.71. The molecule has 2 N–H and O–H groups in total. The number of anilines is 2. The lowest BCUT2D eigenvalue weighted by molar-refractivity contribution is 0.0926. The monoisotopic (exact) mass is 495 g/mol. The van der Waals surface area contributed by atoms with Gasteiger partial charge in [-0.2, -0.15) is 15.1 Å². The van der Waals surface area contributed by atoms with Crippen molar-refractivity contribution in [3.63, 3.8) is 0 Å². The molecule has 0 saturated carbocycles. The molecule has 182 valence electrons. The largest absolute Gasteiger partial charge is 0.343 e. The zero-order chi connectivity index (χ0) is 25.3. The van der Waals surface area contributed by atoms with Crippen molar-refractivity contribution in [3.05, 3.63) is 58.7 Å². The average Bonchev–Trinajstić information content (AvgIpc) is 3.45. The Bertz CT molecular complexity index is 1370. The summed E-state index contributed by atoms with van der Waals surface area (Å²) in [6, 6.07) is 3.35. The summed E-state index contributed by atoms with van der Waals surface area (Å²) in [5, 5.41) is 14.4. The zero-order valence-corrected chi connectivity index (χ0v) is 21.0. The van der Waals surface area contributed by atoms with Crippen molar-refractivity contribution in [3.8, 4) is 11.4 Å². The van der Waals surface area contributed by atoms with Crippen molar-refractivity contribution in [1.29, 1.82) is 0 Å². The molecule has 3 aromatic heterocycles. The van der Waals surface area contributed by atoms with E-state index in [-0.39, 0.29) is 17.3 Å². The molecule has 1 atom stereocenters.